The number of benzene rings is 1. The van der Waals surface area contributed by atoms with Crippen molar-refractivity contribution in [1.82, 2.24) is 5.32 Å². The molecule has 3 N–H and O–H groups in total. The molecule has 2 bridgehead atoms. The first-order valence-corrected chi connectivity index (χ1v) is 10.0. The lowest BCUT2D eigenvalue weighted by Gasteiger charge is -2.54. The zero-order chi connectivity index (χ0) is 21.0. The van der Waals surface area contributed by atoms with E-state index in [-0.39, 0.29) is 12.6 Å². The molecule has 0 aliphatic carbocycles. The van der Waals surface area contributed by atoms with Crippen LogP contribution in [0.2, 0.25) is 10.0 Å². The molecule has 1 aromatic rings. The van der Waals surface area contributed by atoms with E-state index in [9.17, 15) is 19.8 Å². The molecule has 6 atom stereocenters. The number of ether oxygens (including phenoxy) is 3. The maximum atomic E-state index is 12.7. The van der Waals surface area contributed by atoms with Crippen molar-refractivity contribution in [2.75, 3.05) is 13.7 Å². The van der Waals surface area contributed by atoms with Crippen molar-refractivity contribution in [3.63, 3.8) is 0 Å². The largest absolute Gasteiger partial charge is 0.448 e. The number of esters is 2. The number of methoxy groups -OCH3 is 1. The number of hydrogen-bond acceptors (Lipinski definition) is 8. The Kier molecular flexibility index (Phi) is 5.30. The molecule has 3 aliphatic rings. The predicted molar refractivity (Wildman–Crippen MR) is 102 cm³/mol. The molecule has 3 saturated heterocycles. The molecule has 2 unspecified atom stereocenters. The third kappa shape index (κ3) is 3.13. The van der Waals surface area contributed by atoms with Crippen LogP contribution in [0.1, 0.15) is 30.7 Å². The van der Waals surface area contributed by atoms with Crippen molar-refractivity contribution in [2.24, 2.45) is 0 Å². The summed E-state index contributed by atoms with van der Waals surface area (Å²) in [5.74, 6) is -2.69. The maximum absolute atomic E-state index is 12.7. The van der Waals surface area contributed by atoms with E-state index in [0.717, 1.165) is 5.56 Å². The van der Waals surface area contributed by atoms with Crippen LogP contribution < -0.4 is 5.32 Å². The van der Waals surface area contributed by atoms with E-state index in [1.165, 1.54) is 7.11 Å². The second kappa shape index (κ2) is 7.37. The lowest BCUT2D eigenvalue weighted by atomic mass is 9.71. The van der Waals surface area contributed by atoms with Gasteiger partial charge < -0.3 is 24.4 Å². The number of nitrogens with one attached hydrogen (secondary N) is 1. The summed E-state index contributed by atoms with van der Waals surface area (Å²) in [7, 11) is 1.44. The van der Waals surface area contributed by atoms with Gasteiger partial charge in [-0.3, -0.25) is 5.32 Å². The van der Waals surface area contributed by atoms with E-state index in [4.69, 9.17) is 37.4 Å². The highest BCUT2D eigenvalue weighted by molar-refractivity contribution is 6.42. The van der Waals surface area contributed by atoms with Gasteiger partial charge in [0.15, 0.2) is 17.8 Å². The van der Waals surface area contributed by atoms with Gasteiger partial charge in [0.05, 0.1) is 16.7 Å². The molecule has 1 aromatic carbocycles. The molecule has 1 spiro atoms. The Morgan fingerprint density at radius 2 is 1.86 bits per heavy atom. The van der Waals surface area contributed by atoms with Crippen molar-refractivity contribution >= 4 is 35.1 Å². The minimum Gasteiger partial charge on any atom is -0.448 e. The molecule has 0 saturated carbocycles. The summed E-state index contributed by atoms with van der Waals surface area (Å²) in [5, 5.41) is 24.0. The van der Waals surface area contributed by atoms with Gasteiger partial charge in [-0.05, 0) is 30.5 Å². The summed E-state index contributed by atoms with van der Waals surface area (Å²) < 4.78 is 16.9. The van der Waals surface area contributed by atoms with Crippen LogP contribution in [0.15, 0.2) is 18.2 Å². The highest BCUT2D eigenvalue weighted by Gasteiger charge is 2.69. The Labute approximate surface area is 177 Å². The summed E-state index contributed by atoms with van der Waals surface area (Å²) in [5.41, 5.74) is -2.18. The zero-order valence-electron chi connectivity index (χ0n) is 15.6. The summed E-state index contributed by atoms with van der Waals surface area (Å²) in [4.78, 5) is 25.1. The number of aliphatic hydroxyl groups excluding tert-OH is 2. The Morgan fingerprint density at radius 3 is 2.52 bits per heavy atom. The molecule has 4 rings (SSSR count). The van der Waals surface area contributed by atoms with Crippen LogP contribution in [-0.4, -0.2) is 65.4 Å². The third-order valence-corrected chi connectivity index (χ3v) is 6.83. The first kappa shape index (κ1) is 20.8. The van der Waals surface area contributed by atoms with Crippen LogP contribution in [0.4, 0.5) is 0 Å². The topological polar surface area (TPSA) is 114 Å². The Bertz CT molecular complexity index is 852. The Hall–Kier alpha value is -1.42. The summed E-state index contributed by atoms with van der Waals surface area (Å²) in [6, 6.07) is 5.08. The van der Waals surface area contributed by atoms with Gasteiger partial charge >= 0.3 is 11.9 Å². The molecule has 0 aromatic heterocycles. The first-order valence-electron chi connectivity index (χ1n) is 9.26. The molecule has 0 amide bonds. The van der Waals surface area contributed by atoms with Gasteiger partial charge in [-0.15, -0.1) is 0 Å². The number of carbonyl (C=O) groups excluding carboxylic acids is 2. The van der Waals surface area contributed by atoms with Crippen LogP contribution in [0.25, 0.3) is 0 Å². The third-order valence-electron chi connectivity index (χ3n) is 6.09. The summed E-state index contributed by atoms with van der Waals surface area (Å²) in [6.07, 6.45) is -2.55. The van der Waals surface area contributed by atoms with Crippen LogP contribution in [0, 0.1) is 0 Å². The van der Waals surface area contributed by atoms with E-state index >= 15 is 0 Å². The van der Waals surface area contributed by atoms with Crippen LogP contribution in [0.3, 0.4) is 0 Å². The maximum Gasteiger partial charge on any atom is 0.340 e. The van der Waals surface area contributed by atoms with E-state index in [1.807, 2.05) is 0 Å². The van der Waals surface area contributed by atoms with Gasteiger partial charge in [0.2, 0.25) is 5.72 Å². The second-order valence-corrected chi connectivity index (χ2v) is 8.54. The fourth-order valence-corrected chi connectivity index (χ4v) is 5.07. The van der Waals surface area contributed by atoms with Crippen LogP contribution in [-0.2, 0) is 23.8 Å². The van der Waals surface area contributed by atoms with Crippen molar-refractivity contribution in [3.05, 3.63) is 33.8 Å². The average Bonchev–Trinajstić information content (AvgIpc) is 3.05. The molecular weight excluding hydrogens is 425 g/mol. The molecule has 29 heavy (non-hydrogen) atoms. The smallest absolute Gasteiger partial charge is 0.340 e. The number of piperidine rings is 1. The average molecular weight is 446 g/mol. The molecule has 0 radical (unpaired) electrons. The number of rotatable bonds is 3. The van der Waals surface area contributed by atoms with Crippen LogP contribution in [0.5, 0.6) is 0 Å². The molecule has 10 heteroatoms. The van der Waals surface area contributed by atoms with E-state index in [2.05, 4.69) is 5.32 Å². The molecule has 3 fully saturated rings. The number of fused-ring (bicyclic) bond motifs is 1. The lowest BCUT2D eigenvalue weighted by Crippen LogP contribution is -2.74. The normalized spacial score (nSPS) is 39.2. The minimum absolute atomic E-state index is 0.0209. The van der Waals surface area contributed by atoms with Crippen molar-refractivity contribution in [1.29, 1.82) is 0 Å². The van der Waals surface area contributed by atoms with E-state index in [1.54, 1.807) is 18.2 Å². The summed E-state index contributed by atoms with van der Waals surface area (Å²) >= 11 is 12.3. The van der Waals surface area contributed by atoms with Gasteiger partial charge in [-0.2, -0.15) is 0 Å². The Balaban J connectivity index is 1.89. The highest BCUT2D eigenvalue weighted by atomic mass is 35.5. The van der Waals surface area contributed by atoms with Gasteiger partial charge in [0, 0.05) is 25.5 Å². The molecule has 3 heterocycles. The number of hydrogen-bond donors (Lipinski definition) is 3. The Morgan fingerprint density at radius 1 is 1.17 bits per heavy atom. The van der Waals surface area contributed by atoms with Crippen molar-refractivity contribution in [2.45, 2.75) is 54.8 Å². The second-order valence-electron chi connectivity index (χ2n) is 7.72. The molecule has 158 valence electrons. The van der Waals surface area contributed by atoms with Gasteiger partial charge in [-0.1, -0.05) is 29.3 Å². The molecular formula is C19H21Cl2NO7. The van der Waals surface area contributed by atoms with Gasteiger partial charge in [0.1, 0.15) is 0 Å². The SMILES string of the molecule is COC[C@@]12OC(=O)C(O)C(O)C(=O)O[C@]13CC[C@@H](C[C@H]2c1ccc(Cl)c(Cl)c1)N3. The quantitative estimate of drug-likeness (QED) is 0.593. The fourth-order valence-electron chi connectivity index (χ4n) is 4.76. The fraction of sp³-hybridized carbons (Fsp3) is 0.579. The van der Waals surface area contributed by atoms with Crippen molar-refractivity contribution < 1.29 is 34.0 Å². The number of aliphatic hydroxyl groups is 2. The standard InChI is InChI=1S/C19H21Cl2NO7/c1-27-8-18-11(9-2-3-12(20)13(21)6-9)7-10-4-5-19(18,22-10)29-17(26)15(24)14(23)16(25)28-18/h2-3,6,10-11,14-15,22-24H,4-5,7-8H2,1H3/t10-,11-,14?,15?,18-,19+/m0/s1. The zero-order valence-corrected chi connectivity index (χ0v) is 17.1. The molecule has 3 aliphatic heterocycles. The van der Waals surface area contributed by atoms with Gasteiger partial charge in [0.25, 0.3) is 0 Å². The van der Waals surface area contributed by atoms with E-state index in [0.29, 0.717) is 29.3 Å². The highest BCUT2D eigenvalue weighted by Crippen LogP contribution is 2.54. The first-order chi connectivity index (χ1) is 13.7. The monoisotopic (exact) mass is 445 g/mol. The van der Waals surface area contributed by atoms with E-state index < -0.39 is 41.4 Å². The van der Waals surface area contributed by atoms with Crippen molar-refractivity contribution in [3.8, 4) is 0 Å². The summed E-state index contributed by atoms with van der Waals surface area (Å²) in [6.45, 7) is -0.112. The predicted octanol–water partition coefficient (Wildman–Crippen LogP) is 1.14. The lowest BCUT2D eigenvalue weighted by molar-refractivity contribution is -0.265. The number of carbonyl (C=O) groups is 2. The number of halogens is 2. The molecule has 8 nitrogen and oxygen atoms in total. The van der Waals surface area contributed by atoms with Gasteiger partial charge in [-0.25, -0.2) is 9.59 Å². The van der Waals surface area contributed by atoms with Crippen LogP contribution >= 0.6 is 23.2 Å². The minimum atomic E-state index is -2.07.